The minimum Gasteiger partial charge on any atom is -0.497 e. The molecule has 0 atom stereocenters. The highest BCUT2D eigenvalue weighted by Crippen LogP contribution is 2.26. The molecule has 0 bridgehead atoms. The zero-order valence-electron chi connectivity index (χ0n) is 15.3. The Balaban J connectivity index is 1.81. The van der Waals surface area contributed by atoms with Crippen LogP contribution in [0.1, 0.15) is 5.69 Å². The predicted octanol–water partition coefficient (Wildman–Crippen LogP) is 3.12. The number of ether oxygens (including phenoxy) is 3. The average molecular weight is 364 g/mol. The SMILES string of the molecule is COCCOCc1nn2c(-c3ccc(OC)cc3)nnc2c2ccccc12. The van der Waals surface area contributed by atoms with Crippen LogP contribution in [-0.4, -0.2) is 47.2 Å². The second-order valence-corrected chi connectivity index (χ2v) is 6.03. The number of nitrogens with zero attached hydrogens (tertiary/aromatic N) is 4. The third kappa shape index (κ3) is 3.34. The molecule has 4 aromatic rings. The van der Waals surface area contributed by atoms with Gasteiger partial charge in [-0.2, -0.15) is 9.61 Å². The monoisotopic (exact) mass is 364 g/mol. The lowest BCUT2D eigenvalue weighted by Gasteiger charge is -2.09. The maximum atomic E-state index is 5.71. The van der Waals surface area contributed by atoms with Gasteiger partial charge in [0.2, 0.25) is 0 Å². The van der Waals surface area contributed by atoms with Gasteiger partial charge in [0.1, 0.15) is 5.75 Å². The Morgan fingerprint density at radius 2 is 1.67 bits per heavy atom. The molecule has 0 aliphatic carbocycles. The molecule has 0 aliphatic heterocycles. The van der Waals surface area contributed by atoms with Crippen LogP contribution in [0.4, 0.5) is 0 Å². The summed E-state index contributed by atoms with van der Waals surface area (Å²) in [6.45, 7) is 1.45. The first-order valence-corrected chi connectivity index (χ1v) is 8.66. The van der Waals surface area contributed by atoms with Crippen molar-refractivity contribution in [3.05, 3.63) is 54.2 Å². The van der Waals surface area contributed by atoms with Crippen molar-refractivity contribution < 1.29 is 14.2 Å². The molecule has 2 aromatic carbocycles. The van der Waals surface area contributed by atoms with Gasteiger partial charge in [0.05, 0.1) is 32.6 Å². The van der Waals surface area contributed by atoms with Crippen LogP contribution in [0, 0.1) is 0 Å². The minimum absolute atomic E-state index is 0.389. The summed E-state index contributed by atoms with van der Waals surface area (Å²) in [7, 11) is 3.30. The fourth-order valence-corrected chi connectivity index (χ4v) is 2.98. The van der Waals surface area contributed by atoms with Gasteiger partial charge in [0, 0.05) is 23.4 Å². The molecule has 0 amide bonds. The molecule has 0 fully saturated rings. The molecule has 7 heteroatoms. The van der Waals surface area contributed by atoms with Crippen LogP contribution in [0.3, 0.4) is 0 Å². The van der Waals surface area contributed by atoms with Crippen molar-refractivity contribution in [3.63, 3.8) is 0 Å². The van der Waals surface area contributed by atoms with Gasteiger partial charge in [-0.05, 0) is 24.3 Å². The molecule has 0 N–H and O–H groups in total. The first-order chi connectivity index (χ1) is 13.3. The van der Waals surface area contributed by atoms with E-state index in [4.69, 9.17) is 19.3 Å². The van der Waals surface area contributed by atoms with Gasteiger partial charge in [-0.25, -0.2) is 0 Å². The summed E-state index contributed by atoms with van der Waals surface area (Å²) in [4.78, 5) is 0. The quantitative estimate of drug-likeness (QED) is 0.469. The van der Waals surface area contributed by atoms with E-state index in [0.29, 0.717) is 25.6 Å². The van der Waals surface area contributed by atoms with Gasteiger partial charge >= 0.3 is 0 Å². The summed E-state index contributed by atoms with van der Waals surface area (Å²) in [5, 5.41) is 15.5. The van der Waals surface area contributed by atoms with Gasteiger partial charge < -0.3 is 14.2 Å². The van der Waals surface area contributed by atoms with Crippen molar-refractivity contribution in [1.29, 1.82) is 0 Å². The van der Waals surface area contributed by atoms with Crippen molar-refractivity contribution in [2.75, 3.05) is 27.4 Å². The average Bonchev–Trinajstić information content (AvgIpc) is 3.15. The molecular formula is C20H20N4O3. The van der Waals surface area contributed by atoms with E-state index in [1.165, 1.54) is 0 Å². The Bertz CT molecular complexity index is 1060. The summed E-state index contributed by atoms with van der Waals surface area (Å²) in [6, 6.07) is 15.7. The maximum Gasteiger partial charge on any atom is 0.186 e. The summed E-state index contributed by atoms with van der Waals surface area (Å²) in [5.74, 6) is 1.47. The number of rotatable bonds is 7. The topological polar surface area (TPSA) is 70.8 Å². The zero-order valence-corrected chi connectivity index (χ0v) is 15.3. The standard InChI is InChI=1S/C20H20N4O3/c1-25-11-12-27-13-18-16-5-3-4-6-17(16)20-22-21-19(24(20)23-18)14-7-9-15(26-2)10-8-14/h3-10H,11-13H2,1-2H3. The van der Waals surface area contributed by atoms with Crippen LogP contribution < -0.4 is 4.74 Å². The third-order valence-electron chi connectivity index (χ3n) is 4.36. The molecule has 138 valence electrons. The van der Waals surface area contributed by atoms with E-state index in [2.05, 4.69) is 10.2 Å². The number of benzene rings is 2. The summed E-state index contributed by atoms with van der Waals surface area (Å²) in [5.41, 5.74) is 2.47. The van der Waals surface area contributed by atoms with Gasteiger partial charge in [-0.1, -0.05) is 24.3 Å². The van der Waals surface area contributed by atoms with Gasteiger partial charge in [0.25, 0.3) is 0 Å². The van der Waals surface area contributed by atoms with E-state index >= 15 is 0 Å². The first-order valence-electron chi connectivity index (χ1n) is 8.66. The predicted molar refractivity (Wildman–Crippen MR) is 102 cm³/mol. The molecule has 7 nitrogen and oxygen atoms in total. The molecule has 0 radical (unpaired) electrons. The van der Waals surface area contributed by atoms with Crippen molar-refractivity contribution >= 4 is 16.4 Å². The Morgan fingerprint density at radius 1 is 0.889 bits per heavy atom. The van der Waals surface area contributed by atoms with E-state index in [1.54, 1.807) is 18.7 Å². The second-order valence-electron chi connectivity index (χ2n) is 6.03. The Labute approximate surface area is 156 Å². The van der Waals surface area contributed by atoms with Crippen molar-refractivity contribution in [2.45, 2.75) is 6.61 Å². The van der Waals surface area contributed by atoms with Crippen LogP contribution in [-0.2, 0) is 16.1 Å². The summed E-state index contributed by atoms with van der Waals surface area (Å²) in [6.07, 6.45) is 0. The lowest BCUT2D eigenvalue weighted by molar-refractivity contribution is 0.0604. The number of methoxy groups -OCH3 is 2. The molecule has 0 spiro atoms. The van der Waals surface area contributed by atoms with Gasteiger partial charge in [-0.3, -0.25) is 0 Å². The Kier molecular flexibility index (Phi) is 4.95. The largest absolute Gasteiger partial charge is 0.497 e. The van der Waals surface area contributed by atoms with Crippen LogP contribution >= 0.6 is 0 Å². The lowest BCUT2D eigenvalue weighted by atomic mass is 10.1. The molecule has 2 heterocycles. The molecule has 2 aromatic heterocycles. The minimum atomic E-state index is 0.389. The van der Waals surface area contributed by atoms with E-state index in [9.17, 15) is 0 Å². The molecule has 0 saturated heterocycles. The van der Waals surface area contributed by atoms with Gasteiger partial charge in [-0.15, -0.1) is 10.2 Å². The summed E-state index contributed by atoms with van der Waals surface area (Å²) < 4.78 is 17.8. The first kappa shape index (κ1) is 17.4. The molecule has 0 aliphatic rings. The van der Waals surface area contributed by atoms with E-state index in [-0.39, 0.29) is 0 Å². The highest BCUT2D eigenvalue weighted by molar-refractivity contribution is 5.95. The van der Waals surface area contributed by atoms with Crippen LogP contribution in [0.2, 0.25) is 0 Å². The second kappa shape index (κ2) is 7.69. The highest BCUT2D eigenvalue weighted by atomic mass is 16.5. The van der Waals surface area contributed by atoms with Crippen LogP contribution in [0.25, 0.3) is 27.8 Å². The number of hydrogen-bond acceptors (Lipinski definition) is 6. The van der Waals surface area contributed by atoms with Crippen molar-refractivity contribution in [3.8, 4) is 17.1 Å². The fourth-order valence-electron chi connectivity index (χ4n) is 2.98. The molecule has 0 unspecified atom stereocenters. The van der Waals surface area contributed by atoms with Crippen LogP contribution in [0.5, 0.6) is 5.75 Å². The fraction of sp³-hybridized carbons (Fsp3) is 0.250. The van der Waals surface area contributed by atoms with E-state index in [1.807, 2.05) is 48.5 Å². The Morgan fingerprint density at radius 3 is 2.41 bits per heavy atom. The van der Waals surface area contributed by atoms with E-state index in [0.717, 1.165) is 33.4 Å². The molecular weight excluding hydrogens is 344 g/mol. The molecule has 0 saturated carbocycles. The summed E-state index contributed by atoms with van der Waals surface area (Å²) >= 11 is 0. The molecule has 27 heavy (non-hydrogen) atoms. The van der Waals surface area contributed by atoms with Crippen LogP contribution in [0.15, 0.2) is 48.5 Å². The number of hydrogen-bond donors (Lipinski definition) is 0. The highest BCUT2D eigenvalue weighted by Gasteiger charge is 2.15. The number of fused-ring (bicyclic) bond motifs is 3. The lowest BCUT2D eigenvalue weighted by Crippen LogP contribution is -2.07. The maximum absolute atomic E-state index is 5.71. The number of aromatic nitrogens is 4. The smallest absolute Gasteiger partial charge is 0.186 e. The third-order valence-corrected chi connectivity index (χ3v) is 4.36. The van der Waals surface area contributed by atoms with E-state index < -0.39 is 0 Å². The van der Waals surface area contributed by atoms with Gasteiger partial charge in [0.15, 0.2) is 11.5 Å². The zero-order chi connectivity index (χ0) is 18.6. The van der Waals surface area contributed by atoms with Crippen molar-refractivity contribution in [1.82, 2.24) is 19.8 Å². The Hall–Kier alpha value is -3.03. The van der Waals surface area contributed by atoms with Crippen molar-refractivity contribution in [2.24, 2.45) is 0 Å². The normalized spacial score (nSPS) is 11.3. The molecule has 4 rings (SSSR count).